The third-order valence-electron chi connectivity index (χ3n) is 4.54. The Morgan fingerprint density at radius 1 is 0.500 bits per heavy atom. The molecule has 0 amide bonds. The predicted molar refractivity (Wildman–Crippen MR) is 120 cm³/mol. The molecule has 6 rings (SSSR count). The maximum Gasteiger partial charge on any atom is 0.106 e. The number of nitrogens with zero attached hydrogens (tertiary/aromatic N) is 4. The van der Waals surface area contributed by atoms with Crippen molar-refractivity contribution in [3.8, 4) is 30.6 Å². The Balaban J connectivity index is 1.41. The fourth-order valence-electron chi connectivity index (χ4n) is 3.23. The van der Waals surface area contributed by atoms with Crippen molar-refractivity contribution in [3.63, 3.8) is 0 Å². The summed E-state index contributed by atoms with van der Waals surface area (Å²) in [5.74, 6) is 0. The van der Waals surface area contributed by atoms with E-state index in [-0.39, 0.29) is 0 Å². The second-order valence-corrected chi connectivity index (χ2v) is 9.86. The van der Waals surface area contributed by atoms with Crippen molar-refractivity contribution in [1.82, 2.24) is 19.2 Å². The van der Waals surface area contributed by atoms with Crippen LogP contribution in [0.4, 0.5) is 0 Å². The molecule has 0 saturated heterocycles. The fourth-order valence-corrected chi connectivity index (χ4v) is 6.90. The van der Waals surface area contributed by atoms with Crippen LogP contribution in [0, 0.1) is 0 Å². The smallest absolute Gasteiger partial charge is 0.106 e. The first-order valence-electron chi connectivity index (χ1n) is 8.50. The van der Waals surface area contributed by atoms with Crippen molar-refractivity contribution in [2.75, 3.05) is 0 Å². The van der Waals surface area contributed by atoms with Gasteiger partial charge < -0.3 is 0 Å². The van der Waals surface area contributed by atoms with Crippen molar-refractivity contribution in [2.24, 2.45) is 0 Å². The molecule has 0 radical (unpaired) electrons. The van der Waals surface area contributed by atoms with E-state index in [1.807, 2.05) is 46.9 Å². The number of fused-ring (bicyclic) bond motifs is 2. The van der Waals surface area contributed by atoms with E-state index >= 15 is 0 Å². The monoisotopic (exact) mass is 434 g/mol. The van der Waals surface area contributed by atoms with Crippen molar-refractivity contribution in [1.29, 1.82) is 0 Å². The number of hydrogen-bond donors (Lipinski definition) is 0. The first-order chi connectivity index (χ1) is 13.9. The summed E-state index contributed by atoms with van der Waals surface area (Å²) in [6, 6.07) is 21.2. The average Bonchev–Trinajstić information content (AvgIpc) is 3.53. The SMILES string of the molecule is c1cc(-c2ccc(-c3ccc(-c4cccc5nnsc45)s3)s2)c2snnc2c1. The Labute approximate surface area is 176 Å². The number of hydrogen-bond acceptors (Lipinski definition) is 8. The normalized spacial score (nSPS) is 11.6. The van der Waals surface area contributed by atoms with Crippen LogP contribution in [0.1, 0.15) is 0 Å². The zero-order chi connectivity index (χ0) is 18.5. The Kier molecular flexibility index (Phi) is 3.83. The van der Waals surface area contributed by atoms with Gasteiger partial charge in [-0.25, -0.2) is 0 Å². The molecular formula is C20H10N4S4. The van der Waals surface area contributed by atoms with Gasteiger partial charge in [0.15, 0.2) is 0 Å². The number of rotatable bonds is 3. The van der Waals surface area contributed by atoms with E-state index in [0.29, 0.717) is 0 Å². The molecule has 6 aromatic rings. The van der Waals surface area contributed by atoms with Crippen molar-refractivity contribution in [2.45, 2.75) is 0 Å². The second kappa shape index (κ2) is 6.52. The van der Waals surface area contributed by atoms with E-state index in [1.165, 1.54) is 53.7 Å². The van der Waals surface area contributed by atoms with Gasteiger partial charge in [-0.1, -0.05) is 33.2 Å². The average molecular weight is 435 g/mol. The van der Waals surface area contributed by atoms with E-state index in [0.717, 1.165) is 20.4 Å². The van der Waals surface area contributed by atoms with Crippen molar-refractivity contribution >= 4 is 66.2 Å². The van der Waals surface area contributed by atoms with Crippen LogP contribution in [0.5, 0.6) is 0 Å². The highest BCUT2D eigenvalue weighted by Crippen LogP contribution is 2.43. The third kappa shape index (κ3) is 2.61. The van der Waals surface area contributed by atoms with Crippen LogP contribution in [0.15, 0.2) is 60.7 Å². The summed E-state index contributed by atoms with van der Waals surface area (Å²) in [5.41, 5.74) is 4.34. The molecule has 2 aromatic carbocycles. The molecule has 4 aromatic heterocycles. The standard InChI is InChI=1S/C20H10N4S4/c1-3-11(19-13(5-1)21-23-27-19)15-7-9-17(25-15)18-10-8-16(26-18)12-4-2-6-14-20(12)28-24-22-14/h1-10H. The highest BCUT2D eigenvalue weighted by Gasteiger charge is 2.13. The van der Waals surface area contributed by atoms with Gasteiger partial charge in [0.2, 0.25) is 0 Å². The Morgan fingerprint density at radius 2 is 0.964 bits per heavy atom. The van der Waals surface area contributed by atoms with Crippen molar-refractivity contribution < 1.29 is 0 Å². The lowest BCUT2D eigenvalue weighted by Gasteiger charge is -1.98. The minimum atomic E-state index is 0.960. The Bertz CT molecular complexity index is 1330. The third-order valence-corrected chi connectivity index (χ3v) is 8.52. The summed E-state index contributed by atoms with van der Waals surface area (Å²) in [4.78, 5) is 5.04. The van der Waals surface area contributed by atoms with Crippen LogP contribution in [-0.4, -0.2) is 19.2 Å². The lowest BCUT2D eigenvalue weighted by Crippen LogP contribution is -1.73. The van der Waals surface area contributed by atoms with Gasteiger partial charge in [0, 0.05) is 30.6 Å². The minimum Gasteiger partial charge on any atom is -0.138 e. The topological polar surface area (TPSA) is 51.6 Å². The Hall–Kier alpha value is -2.52. The van der Waals surface area contributed by atoms with Crippen LogP contribution in [-0.2, 0) is 0 Å². The molecule has 0 fully saturated rings. The van der Waals surface area contributed by atoms with Gasteiger partial charge in [-0.2, -0.15) is 0 Å². The number of aromatic nitrogens is 4. The maximum absolute atomic E-state index is 4.19. The van der Waals surface area contributed by atoms with Crippen LogP contribution < -0.4 is 0 Å². The van der Waals surface area contributed by atoms with E-state index in [1.54, 1.807) is 0 Å². The molecule has 0 aliphatic rings. The van der Waals surface area contributed by atoms with Gasteiger partial charge in [-0.05, 0) is 59.5 Å². The van der Waals surface area contributed by atoms with Gasteiger partial charge in [0.1, 0.15) is 11.0 Å². The van der Waals surface area contributed by atoms with Crippen molar-refractivity contribution in [3.05, 3.63) is 60.7 Å². The number of benzene rings is 2. The minimum absolute atomic E-state index is 0.960. The van der Waals surface area contributed by atoms with Gasteiger partial charge in [0.25, 0.3) is 0 Å². The quantitative estimate of drug-likeness (QED) is 0.307. The molecule has 0 N–H and O–H groups in total. The molecule has 4 heterocycles. The van der Waals surface area contributed by atoms with Gasteiger partial charge in [0.05, 0.1) is 9.40 Å². The molecule has 0 saturated carbocycles. The van der Waals surface area contributed by atoms with E-state index in [2.05, 4.69) is 55.6 Å². The summed E-state index contributed by atoms with van der Waals surface area (Å²) in [6.07, 6.45) is 0. The highest BCUT2D eigenvalue weighted by atomic mass is 32.1. The van der Waals surface area contributed by atoms with Crippen LogP contribution in [0.3, 0.4) is 0 Å². The van der Waals surface area contributed by atoms with Gasteiger partial charge in [-0.15, -0.1) is 32.9 Å². The first-order valence-corrected chi connectivity index (χ1v) is 11.7. The van der Waals surface area contributed by atoms with Crippen LogP contribution >= 0.6 is 45.7 Å². The first kappa shape index (κ1) is 16.4. The summed E-state index contributed by atoms with van der Waals surface area (Å²) in [6.45, 7) is 0. The molecule has 0 unspecified atom stereocenters. The molecule has 4 nitrogen and oxygen atoms in total. The molecular weight excluding hydrogens is 425 g/mol. The molecule has 0 atom stereocenters. The maximum atomic E-state index is 4.19. The Morgan fingerprint density at radius 3 is 1.46 bits per heavy atom. The predicted octanol–water partition coefficient (Wildman–Crippen LogP) is 6.82. The fraction of sp³-hybridized carbons (Fsp3) is 0. The molecule has 0 aliphatic carbocycles. The summed E-state index contributed by atoms with van der Waals surface area (Å²) >= 11 is 6.53. The number of thiophene rings is 2. The van der Waals surface area contributed by atoms with Crippen LogP contribution in [0.2, 0.25) is 0 Å². The summed E-state index contributed by atoms with van der Waals surface area (Å²) < 4.78 is 10.5. The zero-order valence-corrected chi connectivity index (χ0v) is 17.5. The molecule has 0 aliphatic heterocycles. The lowest BCUT2D eigenvalue weighted by atomic mass is 10.2. The zero-order valence-electron chi connectivity index (χ0n) is 14.2. The molecule has 0 bridgehead atoms. The second-order valence-electron chi connectivity index (χ2n) is 6.18. The molecule has 134 valence electrons. The lowest BCUT2D eigenvalue weighted by molar-refractivity contribution is 1.20. The molecule has 8 heteroatoms. The summed E-state index contributed by atoms with van der Waals surface area (Å²) in [5, 5.41) is 8.39. The highest BCUT2D eigenvalue weighted by molar-refractivity contribution is 7.25. The van der Waals surface area contributed by atoms with E-state index < -0.39 is 0 Å². The van der Waals surface area contributed by atoms with Gasteiger partial charge >= 0.3 is 0 Å². The van der Waals surface area contributed by atoms with E-state index in [9.17, 15) is 0 Å². The molecule has 0 spiro atoms. The molecule has 28 heavy (non-hydrogen) atoms. The largest absolute Gasteiger partial charge is 0.138 e. The van der Waals surface area contributed by atoms with E-state index in [4.69, 9.17) is 0 Å². The van der Waals surface area contributed by atoms with Gasteiger partial charge in [-0.3, -0.25) is 0 Å². The summed E-state index contributed by atoms with van der Waals surface area (Å²) in [7, 11) is 0. The van der Waals surface area contributed by atoms with Crippen LogP contribution in [0.25, 0.3) is 51.1 Å².